The van der Waals surface area contributed by atoms with Crippen LogP contribution in [0.15, 0.2) is 27.3 Å². The lowest BCUT2D eigenvalue weighted by atomic mass is 10.1. The Morgan fingerprint density at radius 1 is 1.24 bits per heavy atom. The highest BCUT2D eigenvalue weighted by molar-refractivity contribution is 9.11. The summed E-state index contributed by atoms with van der Waals surface area (Å²) in [5.41, 5.74) is 1.74. The fraction of sp³-hybridized carbons (Fsp3) is 0.400. The summed E-state index contributed by atoms with van der Waals surface area (Å²) in [6, 6.07) is 3.83. The van der Waals surface area contributed by atoms with Crippen LogP contribution in [0.1, 0.15) is 38.8 Å². The molecule has 0 bridgehead atoms. The van der Waals surface area contributed by atoms with E-state index in [2.05, 4.69) is 72.9 Å². The molecule has 0 saturated heterocycles. The van der Waals surface area contributed by atoms with Crippen molar-refractivity contribution in [3.05, 3.63) is 33.0 Å². The van der Waals surface area contributed by atoms with Crippen molar-refractivity contribution in [1.82, 2.24) is 15.0 Å². The number of anilines is 1. The SMILES string of the molecule is CCCNc1nc(-c2ncccc2Br)nc(C(C)C)c1Br. The molecule has 0 radical (unpaired) electrons. The summed E-state index contributed by atoms with van der Waals surface area (Å²) in [6.45, 7) is 7.24. The standard InChI is InChI=1S/C15H18Br2N4/c1-4-7-19-14-11(17)12(9(2)3)20-15(21-14)13-10(16)6-5-8-18-13/h5-6,8-9H,4,7H2,1-3H3,(H,19,20,21). The Kier molecular flexibility index (Phi) is 5.70. The molecule has 0 fully saturated rings. The molecular weight excluding hydrogens is 396 g/mol. The predicted molar refractivity (Wildman–Crippen MR) is 93.5 cm³/mol. The number of aromatic nitrogens is 3. The summed E-state index contributed by atoms with van der Waals surface area (Å²) < 4.78 is 1.82. The third-order valence-electron chi connectivity index (χ3n) is 2.94. The van der Waals surface area contributed by atoms with E-state index in [1.54, 1.807) is 6.20 Å². The van der Waals surface area contributed by atoms with Gasteiger partial charge in [-0.05, 0) is 56.3 Å². The summed E-state index contributed by atoms with van der Waals surface area (Å²) in [7, 11) is 0. The average molecular weight is 414 g/mol. The molecule has 0 spiro atoms. The second-order valence-corrected chi connectivity index (χ2v) is 6.66. The van der Waals surface area contributed by atoms with Crippen molar-refractivity contribution in [3.63, 3.8) is 0 Å². The van der Waals surface area contributed by atoms with E-state index in [1.807, 2.05) is 12.1 Å². The number of hydrogen-bond donors (Lipinski definition) is 1. The molecule has 0 aliphatic rings. The molecule has 4 nitrogen and oxygen atoms in total. The second kappa shape index (κ2) is 7.31. The van der Waals surface area contributed by atoms with Gasteiger partial charge in [0.1, 0.15) is 11.5 Å². The third kappa shape index (κ3) is 3.80. The number of nitrogens with zero attached hydrogens (tertiary/aromatic N) is 3. The van der Waals surface area contributed by atoms with Crippen LogP contribution in [0.4, 0.5) is 5.82 Å². The summed E-state index contributed by atoms with van der Waals surface area (Å²) in [6.07, 6.45) is 2.79. The van der Waals surface area contributed by atoms with Crippen LogP contribution >= 0.6 is 31.9 Å². The van der Waals surface area contributed by atoms with Gasteiger partial charge >= 0.3 is 0 Å². The molecule has 6 heteroatoms. The van der Waals surface area contributed by atoms with E-state index in [0.717, 1.165) is 39.1 Å². The van der Waals surface area contributed by atoms with Gasteiger partial charge in [-0.2, -0.15) is 0 Å². The van der Waals surface area contributed by atoms with Crippen LogP contribution < -0.4 is 5.32 Å². The Bertz CT molecular complexity index is 629. The highest BCUT2D eigenvalue weighted by Gasteiger charge is 2.17. The lowest BCUT2D eigenvalue weighted by molar-refractivity contribution is 0.807. The predicted octanol–water partition coefficient (Wildman–Crippen LogP) is 5.01. The van der Waals surface area contributed by atoms with E-state index in [0.29, 0.717) is 11.7 Å². The van der Waals surface area contributed by atoms with Crippen molar-refractivity contribution in [2.24, 2.45) is 0 Å². The average Bonchev–Trinajstić information content (AvgIpc) is 2.46. The molecule has 2 rings (SSSR count). The van der Waals surface area contributed by atoms with Crippen molar-refractivity contribution >= 4 is 37.7 Å². The van der Waals surface area contributed by atoms with Gasteiger partial charge in [0.2, 0.25) is 0 Å². The van der Waals surface area contributed by atoms with Gasteiger partial charge < -0.3 is 5.32 Å². The first-order valence-electron chi connectivity index (χ1n) is 6.96. The molecule has 21 heavy (non-hydrogen) atoms. The first-order chi connectivity index (χ1) is 10.0. The Balaban J connectivity index is 2.56. The van der Waals surface area contributed by atoms with Crippen molar-refractivity contribution < 1.29 is 0 Å². The van der Waals surface area contributed by atoms with E-state index in [9.17, 15) is 0 Å². The lowest BCUT2D eigenvalue weighted by Crippen LogP contribution is -2.08. The van der Waals surface area contributed by atoms with E-state index in [4.69, 9.17) is 0 Å². The van der Waals surface area contributed by atoms with Gasteiger partial charge in [0.15, 0.2) is 5.82 Å². The minimum atomic E-state index is 0.297. The molecule has 0 amide bonds. The maximum Gasteiger partial charge on any atom is 0.181 e. The zero-order valence-electron chi connectivity index (χ0n) is 12.3. The van der Waals surface area contributed by atoms with Gasteiger partial charge in [-0.1, -0.05) is 20.8 Å². The van der Waals surface area contributed by atoms with Crippen LogP contribution in [0.3, 0.4) is 0 Å². The van der Waals surface area contributed by atoms with Gasteiger partial charge in [0, 0.05) is 17.2 Å². The van der Waals surface area contributed by atoms with Gasteiger partial charge in [-0.15, -0.1) is 0 Å². The lowest BCUT2D eigenvalue weighted by Gasteiger charge is -2.14. The van der Waals surface area contributed by atoms with Gasteiger partial charge in [0.25, 0.3) is 0 Å². The normalized spacial score (nSPS) is 11.0. The molecule has 0 aliphatic heterocycles. The van der Waals surface area contributed by atoms with E-state index < -0.39 is 0 Å². The van der Waals surface area contributed by atoms with Crippen molar-refractivity contribution in [1.29, 1.82) is 0 Å². The first-order valence-corrected chi connectivity index (χ1v) is 8.55. The highest BCUT2D eigenvalue weighted by atomic mass is 79.9. The summed E-state index contributed by atoms with van der Waals surface area (Å²) in [4.78, 5) is 13.7. The van der Waals surface area contributed by atoms with Crippen molar-refractivity contribution in [2.45, 2.75) is 33.1 Å². The molecule has 1 N–H and O–H groups in total. The highest BCUT2D eigenvalue weighted by Crippen LogP contribution is 2.32. The number of nitrogens with one attached hydrogen (secondary N) is 1. The van der Waals surface area contributed by atoms with Crippen LogP contribution in [0, 0.1) is 0 Å². The van der Waals surface area contributed by atoms with Gasteiger partial charge in [0.05, 0.1) is 10.2 Å². The monoisotopic (exact) mass is 412 g/mol. The molecule has 0 aromatic carbocycles. The molecule has 2 heterocycles. The van der Waals surface area contributed by atoms with Gasteiger partial charge in [-0.25, -0.2) is 9.97 Å². The number of hydrogen-bond acceptors (Lipinski definition) is 4. The molecule has 0 atom stereocenters. The van der Waals surface area contributed by atoms with Crippen molar-refractivity contribution in [3.8, 4) is 11.5 Å². The summed E-state index contributed by atoms with van der Waals surface area (Å²) >= 11 is 7.13. The molecule has 2 aromatic heterocycles. The Hall–Kier alpha value is -1.01. The van der Waals surface area contributed by atoms with Crippen LogP contribution in [-0.2, 0) is 0 Å². The van der Waals surface area contributed by atoms with Crippen LogP contribution in [-0.4, -0.2) is 21.5 Å². The van der Waals surface area contributed by atoms with Crippen molar-refractivity contribution in [2.75, 3.05) is 11.9 Å². The zero-order chi connectivity index (χ0) is 15.4. The Labute approximate surface area is 142 Å². The fourth-order valence-corrected chi connectivity index (χ4v) is 3.07. The number of rotatable bonds is 5. The smallest absolute Gasteiger partial charge is 0.181 e. The molecular formula is C15H18Br2N4. The van der Waals surface area contributed by atoms with E-state index in [1.165, 1.54) is 0 Å². The van der Waals surface area contributed by atoms with E-state index in [-0.39, 0.29) is 0 Å². The quantitative estimate of drug-likeness (QED) is 0.748. The van der Waals surface area contributed by atoms with Crippen LogP contribution in [0.25, 0.3) is 11.5 Å². The first kappa shape index (κ1) is 16.4. The van der Waals surface area contributed by atoms with Gasteiger partial charge in [-0.3, -0.25) is 4.98 Å². The van der Waals surface area contributed by atoms with Crippen LogP contribution in [0.5, 0.6) is 0 Å². The number of pyridine rings is 1. The molecule has 0 unspecified atom stereocenters. The molecule has 112 valence electrons. The third-order valence-corrected chi connectivity index (χ3v) is 4.36. The maximum atomic E-state index is 4.68. The molecule has 2 aromatic rings. The topological polar surface area (TPSA) is 50.7 Å². The molecule has 0 saturated carbocycles. The maximum absolute atomic E-state index is 4.68. The fourth-order valence-electron chi connectivity index (χ4n) is 1.86. The molecule has 0 aliphatic carbocycles. The second-order valence-electron chi connectivity index (χ2n) is 5.01. The van der Waals surface area contributed by atoms with E-state index >= 15 is 0 Å². The largest absolute Gasteiger partial charge is 0.369 e. The summed E-state index contributed by atoms with van der Waals surface area (Å²) in [5.74, 6) is 1.75. The minimum Gasteiger partial charge on any atom is -0.369 e. The Morgan fingerprint density at radius 3 is 2.62 bits per heavy atom. The summed E-state index contributed by atoms with van der Waals surface area (Å²) in [5, 5.41) is 3.35. The Morgan fingerprint density at radius 2 is 2.00 bits per heavy atom. The number of halogens is 2. The van der Waals surface area contributed by atoms with Crippen LogP contribution in [0.2, 0.25) is 0 Å². The zero-order valence-corrected chi connectivity index (χ0v) is 15.5. The minimum absolute atomic E-state index is 0.297.